The van der Waals surface area contributed by atoms with Gasteiger partial charge in [0.25, 0.3) is 0 Å². The lowest BCUT2D eigenvalue weighted by atomic mass is 9.90. The van der Waals surface area contributed by atoms with E-state index in [2.05, 4.69) is 24.8 Å². The molecule has 0 saturated heterocycles. The number of halogens is 3. The van der Waals surface area contributed by atoms with E-state index < -0.39 is 11.9 Å². The Bertz CT molecular complexity index is 2090. The number of ether oxygens (including phenoxy) is 1. The van der Waals surface area contributed by atoms with Gasteiger partial charge in [-0.05, 0) is 43.9 Å². The van der Waals surface area contributed by atoms with Gasteiger partial charge in [0.2, 0.25) is 0 Å². The zero-order chi connectivity index (χ0) is 32.3. The maximum Gasteiger partial charge on any atom is 0.434 e. The van der Waals surface area contributed by atoms with Crippen molar-refractivity contribution in [1.29, 1.82) is 0 Å². The zero-order valence-electron chi connectivity index (χ0n) is 25.7. The molecule has 8 rings (SSSR count). The number of nitrogens with zero attached hydrogens (tertiary/aromatic N) is 8. The number of hydrogen-bond acceptors (Lipinski definition) is 8. The van der Waals surface area contributed by atoms with Gasteiger partial charge in [0.1, 0.15) is 35.2 Å². The number of nitrogens with two attached hydrogens (primary N) is 1. The minimum atomic E-state index is -4.43. The fourth-order valence-corrected chi connectivity index (χ4v) is 7.16. The predicted octanol–water partition coefficient (Wildman–Crippen LogP) is 5.77. The molecule has 6 aromatic rings. The summed E-state index contributed by atoms with van der Waals surface area (Å²) in [6.07, 6.45) is 2.26. The summed E-state index contributed by atoms with van der Waals surface area (Å²) in [7, 11) is 1.66. The first-order valence-corrected chi connectivity index (χ1v) is 15.7. The summed E-state index contributed by atoms with van der Waals surface area (Å²) in [5.74, 6) is 2.49. The second kappa shape index (κ2) is 11.4. The number of alkyl halides is 3. The van der Waals surface area contributed by atoms with E-state index in [0.717, 1.165) is 65.6 Å². The Kier molecular flexibility index (Phi) is 7.12. The van der Waals surface area contributed by atoms with E-state index in [1.54, 1.807) is 11.7 Å². The van der Waals surface area contributed by atoms with Gasteiger partial charge in [0.15, 0.2) is 11.3 Å². The molecule has 1 aliphatic carbocycles. The number of aromatic amines is 1. The zero-order valence-corrected chi connectivity index (χ0v) is 25.7. The normalized spacial score (nSPS) is 19.0. The number of aromatic nitrogens is 8. The maximum absolute atomic E-state index is 13.2. The molecule has 11 nitrogen and oxygen atoms in total. The van der Waals surface area contributed by atoms with Crippen LogP contribution in [-0.2, 0) is 25.7 Å². The summed E-state index contributed by atoms with van der Waals surface area (Å²) in [6, 6.07) is 14.3. The molecule has 2 aliphatic rings. The average molecular weight is 643 g/mol. The number of para-hydroxylation sites is 1. The van der Waals surface area contributed by atoms with Crippen molar-refractivity contribution in [3.63, 3.8) is 0 Å². The Morgan fingerprint density at radius 1 is 1.00 bits per heavy atom. The van der Waals surface area contributed by atoms with Gasteiger partial charge in [0.05, 0.1) is 36.1 Å². The summed E-state index contributed by atoms with van der Waals surface area (Å²) < 4.78 is 48.8. The molecule has 242 valence electrons. The van der Waals surface area contributed by atoms with Crippen LogP contribution in [-0.4, -0.2) is 63.9 Å². The first-order valence-electron chi connectivity index (χ1n) is 15.7. The third kappa shape index (κ3) is 5.35. The van der Waals surface area contributed by atoms with Crippen molar-refractivity contribution in [1.82, 2.24) is 44.2 Å². The largest absolute Gasteiger partial charge is 0.496 e. The highest BCUT2D eigenvalue weighted by Gasteiger charge is 2.37. The van der Waals surface area contributed by atoms with Crippen LogP contribution in [0.25, 0.3) is 33.3 Å². The van der Waals surface area contributed by atoms with Crippen molar-refractivity contribution in [2.75, 3.05) is 19.4 Å². The number of H-pyrrole nitrogens is 1. The Morgan fingerprint density at radius 3 is 2.62 bits per heavy atom. The average Bonchev–Trinajstić information content (AvgIpc) is 3.80. The summed E-state index contributed by atoms with van der Waals surface area (Å²) in [5, 5.41) is 5.80. The van der Waals surface area contributed by atoms with Crippen LogP contribution in [0.15, 0.2) is 55.0 Å². The van der Waals surface area contributed by atoms with Crippen molar-refractivity contribution in [2.45, 2.75) is 63.5 Å². The summed E-state index contributed by atoms with van der Waals surface area (Å²) in [6.45, 7) is 1.62. The molecule has 2 aromatic carbocycles. The number of methoxy groups -OCH3 is 1. The lowest BCUT2D eigenvalue weighted by molar-refractivity contribution is -0.141. The Hall–Kier alpha value is -4.98. The Labute approximate surface area is 267 Å². The van der Waals surface area contributed by atoms with E-state index in [1.807, 2.05) is 47.1 Å². The van der Waals surface area contributed by atoms with Gasteiger partial charge in [-0.2, -0.15) is 18.3 Å². The first kappa shape index (κ1) is 29.4. The number of nitrogen functional groups attached to an aromatic ring is 1. The molecule has 1 aliphatic heterocycles. The van der Waals surface area contributed by atoms with Gasteiger partial charge in [-0.15, -0.1) is 0 Å². The van der Waals surface area contributed by atoms with E-state index in [-0.39, 0.29) is 12.1 Å². The van der Waals surface area contributed by atoms with E-state index in [9.17, 15) is 13.2 Å². The molecule has 1 saturated carbocycles. The van der Waals surface area contributed by atoms with Crippen molar-refractivity contribution in [3.05, 3.63) is 77.9 Å². The van der Waals surface area contributed by atoms with Gasteiger partial charge in [-0.3, -0.25) is 4.90 Å². The fraction of sp³-hybridized carbons (Fsp3) is 0.364. The standard InChI is InChI=1S/C33H33F3N10O/c1-47-25-5-3-2-4-19(25)15-27-40-23-11-6-20(14-24(23)41-27)30-29-31(37)38-18-39-32(29)46(43-30)22-9-7-21(8-10-22)44-12-13-45-16-26(33(34,35)36)42-28(45)17-44/h2-6,11,14,16,18,21-22H,7-10,12-13,15,17H2,1H3,(H,40,41)(H2,37,38,39). The second-order valence-corrected chi connectivity index (χ2v) is 12.3. The number of hydrogen-bond donors (Lipinski definition) is 2. The molecule has 0 amide bonds. The van der Waals surface area contributed by atoms with Gasteiger partial charge in [-0.1, -0.05) is 24.3 Å². The van der Waals surface area contributed by atoms with Crippen molar-refractivity contribution < 1.29 is 17.9 Å². The number of nitrogens with one attached hydrogen (secondary N) is 1. The molecular formula is C33H33F3N10O. The second-order valence-electron chi connectivity index (χ2n) is 12.3. The van der Waals surface area contributed by atoms with Crippen molar-refractivity contribution in [3.8, 4) is 17.0 Å². The van der Waals surface area contributed by atoms with Gasteiger partial charge in [0, 0.05) is 42.9 Å². The molecule has 14 heteroatoms. The van der Waals surface area contributed by atoms with Crippen LogP contribution < -0.4 is 10.5 Å². The summed E-state index contributed by atoms with van der Waals surface area (Å²) in [4.78, 5) is 23.3. The van der Waals surface area contributed by atoms with E-state index in [4.69, 9.17) is 20.6 Å². The third-order valence-corrected chi connectivity index (χ3v) is 9.52. The summed E-state index contributed by atoms with van der Waals surface area (Å²) >= 11 is 0. The topological polar surface area (TPSA) is 129 Å². The first-order chi connectivity index (χ1) is 22.7. The minimum Gasteiger partial charge on any atom is -0.496 e. The minimum absolute atomic E-state index is 0.101. The van der Waals surface area contributed by atoms with Crippen LogP contribution in [0.5, 0.6) is 5.75 Å². The third-order valence-electron chi connectivity index (χ3n) is 9.52. The van der Waals surface area contributed by atoms with Crippen LogP contribution in [0, 0.1) is 0 Å². The molecule has 0 atom stereocenters. The molecule has 5 heterocycles. The summed E-state index contributed by atoms with van der Waals surface area (Å²) in [5.41, 5.74) is 10.7. The van der Waals surface area contributed by atoms with Crippen LogP contribution >= 0.6 is 0 Å². The predicted molar refractivity (Wildman–Crippen MR) is 170 cm³/mol. The van der Waals surface area contributed by atoms with E-state index in [1.165, 1.54) is 6.33 Å². The van der Waals surface area contributed by atoms with Crippen LogP contribution in [0.4, 0.5) is 19.0 Å². The molecule has 4 aromatic heterocycles. The van der Waals surface area contributed by atoms with Crippen molar-refractivity contribution >= 4 is 27.9 Å². The lowest BCUT2D eigenvalue weighted by Crippen LogP contribution is -2.43. The van der Waals surface area contributed by atoms with Gasteiger partial charge in [-0.25, -0.2) is 24.6 Å². The number of anilines is 1. The smallest absolute Gasteiger partial charge is 0.434 e. The number of rotatable bonds is 6. The Balaban J connectivity index is 1.03. The van der Waals surface area contributed by atoms with Crippen LogP contribution in [0.1, 0.15) is 54.6 Å². The quantitative estimate of drug-likeness (QED) is 0.235. The van der Waals surface area contributed by atoms with Crippen LogP contribution in [0.2, 0.25) is 0 Å². The van der Waals surface area contributed by atoms with E-state index >= 15 is 0 Å². The highest BCUT2D eigenvalue weighted by molar-refractivity contribution is 5.99. The Morgan fingerprint density at radius 2 is 1.81 bits per heavy atom. The molecule has 0 spiro atoms. The molecule has 0 bridgehead atoms. The SMILES string of the molecule is COc1ccccc1Cc1nc2ccc(-c3nn(C4CCC(N5CCn6cc(C(F)(F)F)nc6C5)CC4)c4ncnc(N)c34)cc2[nH]1. The number of fused-ring (bicyclic) bond motifs is 3. The molecule has 3 N–H and O–H groups in total. The molecule has 47 heavy (non-hydrogen) atoms. The molecular weight excluding hydrogens is 609 g/mol. The van der Waals surface area contributed by atoms with Gasteiger partial charge < -0.3 is 20.0 Å². The number of imidazole rings is 2. The monoisotopic (exact) mass is 642 g/mol. The molecule has 0 radical (unpaired) electrons. The lowest BCUT2D eigenvalue weighted by Gasteiger charge is -2.38. The number of benzene rings is 2. The highest BCUT2D eigenvalue weighted by Crippen LogP contribution is 2.38. The highest BCUT2D eigenvalue weighted by atomic mass is 19.4. The maximum atomic E-state index is 13.2. The molecule has 1 fully saturated rings. The van der Waals surface area contributed by atoms with E-state index in [0.29, 0.717) is 54.4 Å². The molecule has 0 unspecified atom stereocenters. The van der Waals surface area contributed by atoms with Gasteiger partial charge >= 0.3 is 6.18 Å². The van der Waals surface area contributed by atoms with Crippen molar-refractivity contribution in [2.24, 2.45) is 0 Å². The fourth-order valence-electron chi connectivity index (χ4n) is 7.16. The van der Waals surface area contributed by atoms with Crippen LogP contribution in [0.3, 0.4) is 0 Å².